The first-order chi connectivity index (χ1) is 31.2. The van der Waals surface area contributed by atoms with Crippen LogP contribution in [0.4, 0.5) is 0 Å². The molecule has 10 aromatic rings. The van der Waals surface area contributed by atoms with Crippen LogP contribution in [-0.4, -0.2) is 14.5 Å². The summed E-state index contributed by atoms with van der Waals surface area (Å²) in [4.78, 5) is 10.8. The molecule has 15 rings (SSSR count). The highest BCUT2D eigenvalue weighted by Gasteiger charge is 2.61. The molecule has 5 aliphatic rings. The minimum Gasteiger partial charge on any atom is -0.309 e. The molecule has 4 bridgehead atoms. The van der Waals surface area contributed by atoms with Crippen molar-refractivity contribution >= 4 is 32.6 Å². The standard InChI is InChI=1S/C60H45N3/c1-3-12-41(13-4-1)54-36-55(42-21-19-39(20-22-42)43-23-26-50-49-17-9-10-18-56(49)63(57(50)35-43)47-14-5-2-6-15-47)62-59(61-54)44-24-27-51-53(34-44)60(45-30-37-29-38(32-45)33-46(60)31-37)52-28-25-40-11-7-8-16-48(40)58(51)52/h1-28,34-38,45-46H,29-33H2. The van der Waals surface area contributed by atoms with Crippen LogP contribution in [0.2, 0.25) is 0 Å². The maximum atomic E-state index is 5.45. The van der Waals surface area contributed by atoms with E-state index in [1.54, 1.807) is 5.56 Å². The Balaban J connectivity index is 0.898. The summed E-state index contributed by atoms with van der Waals surface area (Å²) >= 11 is 0. The molecule has 0 N–H and O–H groups in total. The molecule has 1 spiro atoms. The van der Waals surface area contributed by atoms with Crippen molar-refractivity contribution in [1.29, 1.82) is 0 Å². The molecule has 5 aliphatic carbocycles. The minimum atomic E-state index is 0.0479. The van der Waals surface area contributed by atoms with Crippen molar-refractivity contribution in [1.82, 2.24) is 14.5 Å². The fourth-order valence-corrected chi connectivity index (χ4v) is 13.4. The van der Waals surface area contributed by atoms with Gasteiger partial charge in [-0.25, -0.2) is 9.97 Å². The Labute approximate surface area is 367 Å². The Morgan fingerprint density at radius 3 is 1.78 bits per heavy atom. The first kappa shape index (κ1) is 35.5. The van der Waals surface area contributed by atoms with Crippen LogP contribution >= 0.6 is 0 Å². The first-order valence-corrected chi connectivity index (χ1v) is 23.0. The molecule has 63 heavy (non-hydrogen) atoms. The maximum absolute atomic E-state index is 5.45. The molecule has 3 heteroatoms. The van der Waals surface area contributed by atoms with E-state index >= 15 is 0 Å². The van der Waals surface area contributed by atoms with Crippen LogP contribution in [0, 0.1) is 23.7 Å². The molecule has 4 fully saturated rings. The minimum absolute atomic E-state index is 0.0479. The smallest absolute Gasteiger partial charge is 0.160 e. The van der Waals surface area contributed by atoms with E-state index in [4.69, 9.17) is 9.97 Å². The van der Waals surface area contributed by atoms with Gasteiger partial charge in [0.05, 0.1) is 22.4 Å². The molecule has 8 aromatic carbocycles. The van der Waals surface area contributed by atoms with E-state index in [1.807, 2.05) is 0 Å². The Morgan fingerprint density at radius 2 is 1.02 bits per heavy atom. The monoisotopic (exact) mass is 807 g/mol. The number of benzene rings is 8. The molecule has 4 saturated carbocycles. The second kappa shape index (κ2) is 13.4. The largest absolute Gasteiger partial charge is 0.309 e. The molecule has 0 atom stereocenters. The summed E-state index contributed by atoms with van der Waals surface area (Å²) in [6, 6.07) is 69.3. The van der Waals surface area contributed by atoms with Gasteiger partial charge in [0.1, 0.15) is 0 Å². The van der Waals surface area contributed by atoms with Crippen molar-refractivity contribution in [3.8, 4) is 61.8 Å². The number of fused-ring (bicyclic) bond motifs is 8. The Hall–Kier alpha value is -7.10. The summed E-state index contributed by atoms with van der Waals surface area (Å²) in [6.45, 7) is 0. The van der Waals surface area contributed by atoms with Gasteiger partial charge in [-0.1, -0.05) is 152 Å². The van der Waals surface area contributed by atoms with Crippen LogP contribution in [0.1, 0.15) is 43.2 Å². The fourth-order valence-electron chi connectivity index (χ4n) is 13.4. The van der Waals surface area contributed by atoms with Gasteiger partial charge in [-0.2, -0.15) is 0 Å². The van der Waals surface area contributed by atoms with E-state index in [9.17, 15) is 0 Å². The molecule has 0 radical (unpaired) electrons. The van der Waals surface area contributed by atoms with Gasteiger partial charge in [-0.15, -0.1) is 0 Å². The highest BCUT2D eigenvalue weighted by Crippen LogP contribution is 2.70. The van der Waals surface area contributed by atoms with Crippen molar-refractivity contribution in [2.24, 2.45) is 23.7 Å². The highest BCUT2D eigenvalue weighted by molar-refractivity contribution is 6.10. The number of nitrogens with zero attached hydrogens (tertiary/aromatic N) is 3. The normalized spacial score (nSPS) is 21.7. The molecule has 300 valence electrons. The van der Waals surface area contributed by atoms with E-state index in [0.717, 1.165) is 45.7 Å². The predicted octanol–water partition coefficient (Wildman–Crippen LogP) is 15.1. The molecule has 0 amide bonds. The molecule has 0 aliphatic heterocycles. The van der Waals surface area contributed by atoms with Gasteiger partial charge in [0, 0.05) is 38.6 Å². The number of para-hydroxylation sites is 2. The Kier molecular flexibility index (Phi) is 7.58. The molecular weight excluding hydrogens is 763 g/mol. The maximum Gasteiger partial charge on any atom is 0.160 e. The number of rotatable bonds is 5. The van der Waals surface area contributed by atoms with E-state index in [1.165, 1.54) is 98.2 Å². The summed E-state index contributed by atoms with van der Waals surface area (Å²) in [5.41, 5.74) is 17.2. The van der Waals surface area contributed by atoms with E-state index in [2.05, 4.69) is 193 Å². The zero-order valence-electron chi connectivity index (χ0n) is 35.1. The molecule has 2 heterocycles. The number of hydrogen-bond acceptors (Lipinski definition) is 2. The lowest BCUT2D eigenvalue weighted by atomic mass is 9.43. The lowest BCUT2D eigenvalue weighted by molar-refractivity contribution is -0.0399. The number of hydrogen-bond donors (Lipinski definition) is 0. The van der Waals surface area contributed by atoms with Gasteiger partial charge >= 0.3 is 0 Å². The first-order valence-electron chi connectivity index (χ1n) is 23.0. The van der Waals surface area contributed by atoms with Crippen molar-refractivity contribution in [3.63, 3.8) is 0 Å². The Bertz CT molecular complexity index is 3420. The van der Waals surface area contributed by atoms with Crippen molar-refractivity contribution in [3.05, 3.63) is 199 Å². The average molecular weight is 808 g/mol. The SMILES string of the molecule is c1ccc(-c2cc(-c3ccc(-c4ccc5c6ccccc6n(-c6ccccc6)c5c4)cc3)nc(-c3ccc4c(c3)C3(c5ccc6ccccc6c5-4)C4CC5CC(C4)CC3C5)n2)cc1. The van der Waals surface area contributed by atoms with Crippen LogP contribution < -0.4 is 0 Å². The van der Waals surface area contributed by atoms with Gasteiger partial charge in [-0.3, -0.25) is 0 Å². The molecule has 0 unspecified atom stereocenters. The van der Waals surface area contributed by atoms with Crippen LogP contribution in [-0.2, 0) is 5.41 Å². The molecule has 3 nitrogen and oxygen atoms in total. The topological polar surface area (TPSA) is 30.7 Å². The zero-order chi connectivity index (χ0) is 41.2. The van der Waals surface area contributed by atoms with E-state index in [-0.39, 0.29) is 5.41 Å². The molecular formula is C60H45N3. The summed E-state index contributed by atoms with van der Waals surface area (Å²) < 4.78 is 2.39. The third-order valence-electron chi connectivity index (χ3n) is 15.8. The predicted molar refractivity (Wildman–Crippen MR) is 259 cm³/mol. The number of aromatic nitrogens is 3. The van der Waals surface area contributed by atoms with Crippen molar-refractivity contribution in [2.75, 3.05) is 0 Å². The van der Waals surface area contributed by atoms with E-state index < -0.39 is 0 Å². The van der Waals surface area contributed by atoms with Gasteiger partial charge in [0.2, 0.25) is 0 Å². The molecule has 2 aromatic heterocycles. The Morgan fingerprint density at radius 1 is 0.413 bits per heavy atom. The second-order valence-corrected chi connectivity index (χ2v) is 19.0. The summed E-state index contributed by atoms with van der Waals surface area (Å²) in [5.74, 6) is 3.92. The van der Waals surface area contributed by atoms with Crippen LogP contribution in [0.3, 0.4) is 0 Å². The summed E-state index contributed by atoms with van der Waals surface area (Å²) in [6.07, 6.45) is 6.86. The highest BCUT2D eigenvalue weighted by atomic mass is 15.0. The van der Waals surface area contributed by atoms with E-state index in [0.29, 0.717) is 11.8 Å². The molecule has 0 saturated heterocycles. The van der Waals surface area contributed by atoms with Crippen molar-refractivity contribution < 1.29 is 0 Å². The van der Waals surface area contributed by atoms with Gasteiger partial charge in [-0.05, 0) is 136 Å². The summed E-state index contributed by atoms with van der Waals surface area (Å²) in [7, 11) is 0. The lowest BCUT2D eigenvalue weighted by Gasteiger charge is -2.61. The zero-order valence-corrected chi connectivity index (χ0v) is 35.1. The van der Waals surface area contributed by atoms with Gasteiger partial charge < -0.3 is 4.57 Å². The lowest BCUT2D eigenvalue weighted by Crippen LogP contribution is -2.55. The van der Waals surface area contributed by atoms with Gasteiger partial charge in [0.15, 0.2) is 5.82 Å². The summed E-state index contributed by atoms with van der Waals surface area (Å²) in [5, 5.41) is 5.25. The van der Waals surface area contributed by atoms with Crippen LogP contribution in [0.15, 0.2) is 188 Å². The quantitative estimate of drug-likeness (QED) is 0.173. The van der Waals surface area contributed by atoms with Crippen molar-refractivity contribution in [2.45, 2.75) is 37.5 Å². The average Bonchev–Trinajstić information content (AvgIpc) is 3.83. The van der Waals surface area contributed by atoms with Crippen LogP contribution in [0.25, 0.3) is 94.4 Å². The fraction of sp³-hybridized carbons (Fsp3) is 0.167. The third kappa shape index (κ3) is 5.20. The second-order valence-electron chi connectivity index (χ2n) is 19.0. The third-order valence-corrected chi connectivity index (χ3v) is 15.8. The van der Waals surface area contributed by atoms with Gasteiger partial charge in [0.25, 0.3) is 0 Å². The van der Waals surface area contributed by atoms with Crippen LogP contribution in [0.5, 0.6) is 0 Å².